The van der Waals surface area contributed by atoms with E-state index in [1.165, 1.54) is 9.13 Å². The molecule has 2 aromatic rings. The molecule has 1 aromatic heterocycles. The maximum absolute atomic E-state index is 13.0. The average Bonchev–Trinajstić information content (AvgIpc) is 2.67. The highest BCUT2D eigenvalue weighted by atomic mass is 16.5. The number of nitrogens with zero attached hydrogens (tertiary/aromatic N) is 3. The van der Waals surface area contributed by atoms with Crippen molar-refractivity contribution in [2.75, 3.05) is 6.61 Å². The first-order valence-corrected chi connectivity index (χ1v) is 9.65. The van der Waals surface area contributed by atoms with Crippen LogP contribution in [0.3, 0.4) is 0 Å². The molecule has 7 nitrogen and oxygen atoms in total. The summed E-state index contributed by atoms with van der Waals surface area (Å²) < 4.78 is 8.55. The van der Waals surface area contributed by atoms with Gasteiger partial charge in [-0.05, 0) is 38.7 Å². The summed E-state index contributed by atoms with van der Waals surface area (Å²) in [5.41, 5.74) is 0.918. The number of benzene rings is 1. The Morgan fingerprint density at radius 2 is 1.96 bits per heavy atom. The lowest BCUT2D eigenvalue weighted by Gasteiger charge is -2.27. The molecule has 3 rings (SSSR count). The van der Waals surface area contributed by atoms with Crippen LogP contribution in [0.4, 0.5) is 5.82 Å². The van der Waals surface area contributed by atoms with E-state index in [2.05, 4.69) is 4.99 Å². The minimum atomic E-state index is -0.425. The van der Waals surface area contributed by atoms with Crippen LogP contribution < -0.4 is 11.2 Å². The molecule has 28 heavy (non-hydrogen) atoms. The lowest BCUT2D eigenvalue weighted by atomic mass is 9.91. The van der Waals surface area contributed by atoms with Crippen LogP contribution in [0.5, 0.6) is 0 Å². The number of aliphatic imine (C=N–C) groups is 1. The highest BCUT2D eigenvalue weighted by Crippen LogP contribution is 2.28. The molecule has 2 heterocycles. The zero-order valence-electron chi connectivity index (χ0n) is 16.6. The zero-order chi connectivity index (χ0) is 20.3. The van der Waals surface area contributed by atoms with Crippen LogP contribution >= 0.6 is 0 Å². The molecule has 1 N–H and O–H groups in total. The fourth-order valence-corrected chi connectivity index (χ4v) is 3.52. The third kappa shape index (κ3) is 4.09. The number of aliphatic hydroxyl groups is 1. The van der Waals surface area contributed by atoms with Gasteiger partial charge >= 0.3 is 5.69 Å². The van der Waals surface area contributed by atoms with Crippen LogP contribution in [0.25, 0.3) is 0 Å². The van der Waals surface area contributed by atoms with E-state index in [9.17, 15) is 9.59 Å². The van der Waals surface area contributed by atoms with E-state index in [1.807, 2.05) is 44.2 Å². The third-order valence-electron chi connectivity index (χ3n) is 4.85. The number of fused-ring (bicyclic) bond motifs is 1. The fraction of sp³-hybridized carbons (Fsp3) is 0.476. The Hall–Kier alpha value is -2.67. The van der Waals surface area contributed by atoms with Crippen molar-refractivity contribution in [1.29, 1.82) is 0 Å². The molecule has 150 valence electrons. The van der Waals surface area contributed by atoms with Crippen LogP contribution in [-0.4, -0.2) is 32.8 Å². The highest BCUT2D eigenvalue weighted by Gasteiger charge is 2.30. The first kappa shape index (κ1) is 20.1. The molecule has 1 aliphatic heterocycles. The Morgan fingerprint density at radius 1 is 1.25 bits per heavy atom. The van der Waals surface area contributed by atoms with Crippen molar-refractivity contribution < 1.29 is 9.84 Å². The monoisotopic (exact) mass is 385 g/mol. The van der Waals surface area contributed by atoms with Gasteiger partial charge in [0.1, 0.15) is 5.82 Å². The van der Waals surface area contributed by atoms with Crippen LogP contribution in [0, 0.1) is 5.92 Å². The van der Waals surface area contributed by atoms with Crippen molar-refractivity contribution in [3.05, 3.63) is 62.3 Å². The van der Waals surface area contributed by atoms with Crippen LogP contribution in [0.2, 0.25) is 0 Å². The van der Waals surface area contributed by atoms with Gasteiger partial charge in [0.05, 0.1) is 11.7 Å². The van der Waals surface area contributed by atoms with Crippen molar-refractivity contribution in [3.63, 3.8) is 0 Å². The summed E-state index contributed by atoms with van der Waals surface area (Å²) in [6, 6.07) is 10.0. The van der Waals surface area contributed by atoms with Gasteiger partial charge in [0.2, 0.25) is 0 Å². The number of ether oxygens (including phenoxy) is 1. The molecule has 1 atom stereocenters. The molecule has 0 radical (unpaired) electrons. The summed E-state index contributed by atoms with van der Waals surface area (Å²) in [7, 11) is 1.62. The molecule has 0 saturated heterocycles. The summed E-state index contributed by atoms with van der Waals surface area (Å²) in [5, 5.41) is 9.08. The van der Waals surface area contributed by atoms with E-state index in [1.54, 1.807) is 7.05 Å². The number of rotatable bonds is 6. The van der Waals surface area contributed by atoms with Crippen molar-refractivity contribution in [3.8, 4) is 0 Å². The number of aromatic nitrogens is 2. The van der Waals surface area contributed by atoms with E-state index in [4.69, 9.17) is 9.84 Å². The Morgan fingerprint density at radius 3 is 2.61 bits per heavy atom. The summed E-state index contributed by atoms with van der Waals surface area (Å²) >= 11 is 0. The largest absolute Gasteiger partial charge is 0.478 e. The van der Waals surface area contributed by atoms with Crippen LogP contribution in [0.1, 0.15) is 31.4 Å². The second kappa shape index (κ2) is 8.56. The average molecular weight is 385 g/mol. The van der Waals surface area contributed by atoms with Crippen molar-refractivity contribution in [2.45, 2.75) is 45.8 Å². The maximum atomic E-state index is 13.0. The first-order valence-electron chi connectivity index (χ1n) is 9.65. The standard InChI is InChI=1S/C21H27N3O4/c1-14(2)28-19-16(12-15-8-5-4-6-9-15)13-17-18(22-19)23(3)21(27)24(20(17)26)10-7-11-25/h4-6,8-9,14,16,25H,7,10-13H2,1-3H3. The molecular formula is C21H27N3O4. The van der Waals surface area contributed by atoms with Gasteiger partial charge in [0, 0.05) is 26.1 Å². The molecule has 0 amide bonds. The lowest BCUT2D eigenvalue weighted by Crippen LogP contribution is -2.43. The lowest BCUT2D eigenvalue weighted by molar-refractivity contribution is 0.208. The highest BCUT2D eigenvalue weighted by molar-refractivity contribution is 5.84. The fourth-order valence-electron chi connectivity index (χ4n) is 3.52. The van der Waals surface area contributed by atoms with Crippen molar-refractivity contribution in [1.82, 2.24) is 9.13 Å². The Kier molecular flexibility index (Phi) is 6.14. The topological polar surface area (TPSA) is 85.8 Å². The molecule has 0 bridgehead atoms. The molecular weight excluding hydrogens is 358 g/mol. The normalized spacial score (nSPS) is 16.0. The second-order valence-corrected chi connectivity index (χ2v) is 7.39. The SMILES string of the molecule is CC(C)OC1=Nc2c(c(=O)n(CCCO)c(=O)n2C)CC1Cc1ccccc1. The first-order chi connectivity index (χ1) is 13.4. The molecule has 1 aromatic carbocycles. The van der Waals surface area contributed by atoms with Gasteiger partial charge in [0.15, 0.2) is 5.90 Å². The molecule has 1 aliphatic rings. The molecule has 0 fully saturated rings. The summed E-state index contributed by atoms with van der Waals surface area (Å²) in [5.74, 6) is 0.859. The Labute approximate surface area is 163 Å². The van der Waals surface area contributed by atoms with Crippen molar-refractivity contribution in [2.24, 2.45) is 18.0 Å². The Balaban J connectivity index is 2.07. The maximum Gasteiger partial charge on any atom is 0.332 e. The smallest absolute Gasteiger partial charge is 0.332 e. The third-order valence-corrected chi connectivity index (χ3v) is 4.85. The minimum absolute atomic E-state index is 0.0551. The van der Waals surface area contributed by atoms with Gasteiger partial charge in [0.25, 0.3) is 5.56 Å². The van der Waals surface area contributed by atoms with Gasteiger partial charge in [-0.3, -0.25) is 13.9 Å². The molecule has 1 unspecified atom stereocenters. The predicted octanol–water partition coefficient (Wildman–Crippen LogP) is 1.80. The van der Waals surface area contributed by atoms with E-state index in [0.29, 0.717) is 36.5 Å². The molecule has 0 spiro atoms. The zero-order valence-corrected chi connectivity index (χ0v) is 16.6. The number of hydrogen-bond acceptors (Lipinski definition) is 5. The van der Waals surface area contributed by atoms with Crippen LogP contribution in [-0.2, 0) is 31.2 Å². The van der Waals surface area contributed by atoms with E-state index in [0.717, 1.165) is 5.56 Å². The molecule has 7 heteroatoms. The summed E-state index contributed by atoms with van der Waals surface area (Å²) in [6.07, 6.45) is 1.46. The van der Waals surface area contributed by atoms with Crippen LogP contribution in [0.15, 0.2) is 44.9 Å². The van der Waals surface area contributed by atoms with Crippen molar-refractivity contribution >= 4 is 11.7 Å². The Bertz CT molecular complexity index is 974. The van der Waals surface area contributed by atoms with Gasteiger partial charge in [-0.25, -0.2) is 4.79 Å². The van der Waals surface area contributed by atoms with E-state index < -0.39 is 5.69 Å². The van der Waals surface area contributed by atoms with Gasteiger partial charge < -0.3 is 9.84 Å². The molecule has 0 aliphatic carbocycles. The van der Waals surface area contributed by atoms with E-state index in [-0.39, 0.29) is 30.7 Å². The van der Waals surface area contributed by atoms with Gasteiger partial charge in [-0.2, -0.15) is 4.99 Å². The number of hydrogen-bond donors (Lipinski definition) is 1. The quantitative estimate of drug-likeness (QED) is 0.822. The predicted molar refractivity (Wildman–Crippen MR) is 108 cm³/mol. The minimum Gasteiger partial charge on any atom is -0.478 e. The van der Waals surface area contributed by atoms with Gasteiger partial charge in [-0.1, -0.05) is 30.3 Å². The van der Waals surface area contributed by atoms with Gasteiger partial charge in [-0.15, -0.1) is 0 Å². The molecule has 0 saturated carbocycles. The summed E-state index contributed by atoms with van der Waals surface area (Å²) in [6.45, 7) is 3.98. The van der Waals surface area contributed by atoms with E-state index >= 15 is 0 Å². The summed E-state index contributed by atoms with van der Waals surface area (Å²) in [4.78, 5) is 30.2. The second-order valence-electron chi connectivity index (χ2n) is 7.39. The number of aliphatic hydroxyl groups excluding tert-OH is 1.